The van der Waals surface area contributed by atoms with Gasteiger partial charge in [0.05, 0.1) is 20.9 Å². The van der Waals surface area contributed by atoms with Gasteiger partial charge in [0.15, 0.2) is 6.61 Å². The van der Waals surface area contributed by atoms with E-state index >= 15 is 0 Å². The Morgan fingerprint density at radius 1 is 1.16 bits per heavy atom. The minimum atomic E-state index is -0.269. The molecule has 8 heteroatoms. The lowest BCUT2D eigenvalue weighted by molar-refractivity contribution is -0.134. The number of amides is 2. The number of hydrogen-bond acceptors (Lipinski definition) is 4. The van der Waals surface area contributed by atoms with Gasteiger partial charge in [0.1, 0.15) is 5.75 Å². The summed E-state index contributed by atoms with van der Waals surface area (Å²) in [6.07, 6.45) is 0. The molecule has 1 aliphatic heterocycles. The lowest BCUT2D eigenvalue weighted by atomic mass is 10.1. The second-order valence-electron chi connectivity index (χ2n) is 8.33. The monoisotopic (exact) mass is 521 g/mol. The highest BCUT2D eigenvalue weighted by atomic mass is 79.9. The number of ether oxygens (including phenoxy) is 1. The van der Waals surface area contributed by atoms with Crippen molar-refractivity contribution in [1.82, 2.24) is 4.90 Å². The van der Waals surface area contributed by atoms with Crippen LogP contribution in [0.2, 0.25) is 5.02 Å². The molecule has 172 valence electrons. The van der Waals surface area contributed by atoms with E-state index in [1.807, 2.05) is 62.9 Å². The van der Waals surface area contributed by atoms with Gasteiger partial charge in [0.2, 0.25) is 5.91 Å². The van der Waals surface area contributed by atoms with Crippen LogP contribution in [0.5, 0.6) is 5.75 Å². The normalized spacial score (nSPS) is 14.0. The second-order valence-corrected chi connectivity index (χ2v) is 9.59. The molecular weight excluding hydrogens is 494 g/mol. The first-order valence-electron chi connectivity index (χ1n) is 10.7. The quantitative estimate of drug-likeness (QED) is 0.577. The van der Waals surface area contributed by atoms with Gasteiger partial charge in [-0.3, -0.25) is 9.59 Å². The highest BCUT2D eigenvalue weighted by molar-refractivity contribution is 9.10. The van der Waals surface area contributed by atoms with Crippen molar-refractivity contribution in [2.45, 2.75) is 27.7 Å². The highest BCUT2D eigenvalue weighted by Gasteiger charge is 2.25. The average molecular weight is 523 g/mol. The molecule has 2 aromatic carbocycles. The molecule has 0 aromatic heterocycles. The van der Waals surface area contributed by atoms with Gasteiger partial charge in [0, 0.05) is 32.1 Å². The summed E-state index contributed by atoms with van der Waals surface area (Å²) in [5.74, 6) is 0.526. The molecule has 32 heavy (non-hydrogen) atoms. The number of carbonyl (C=O) groups excluding carboxylic acids is 2. The summed E-state index contributed by atoms with van der Waals surface area (Å²) in [5, 5.41) is 3.50. The van der Waals surface area contributed by atoms with Crippen LogP contribution in [0.25, 0.3) is 0 Å². The minimum absolute atomic E-state index is 0.0195. The van der Waals surface area contributed by atoms with E-state index in [4.69, 9.17) is 16.3 Å². The molecule has 0 saturated carbocycles. The number of hydrogen-bond donors (Lipinski definition) is 1. The predicted octanol–water partition coefficient (Wildman–Crippen LogP) is 5.04. The van der Waals surface area contributed by atoms with Crippen molar-refractivity contribution < 1.29 is 14.3 Å². The Morgan fingerprint density at radius 2 is 1.84 bits per heavy atom. The fourth-order valence-corrected chi connectivity index (χ4v) is 4.94. The SMILES string of the molecule is Cc1cc(C)c(OCC(=O)Nc2cccc(Cl)c2N2CCN(C(=O)C(C)C)CC2)c(Br)c1. The Bertz CT molecular complexity index is 981. The van der Waals surface area contributed by atoms with Crippen LogP contribution in [0.3, 0.4) is 0 Å². The standard InChI is InChI=1S/C24H29BrClN3O3/c1-15(2)24(31)29-10-8-28(9-11-29)22-19(26)6-5-7-20(22)27-21(30)14-32-23-17(4)12-16(3)13-18(23)25/h5-7,12-13,15H,8-11,14H2,1-4H3,(H,27,30). The topological polar surface area (TPSA) is 61.9 Å². The maximum Gasteiger partial charge on any atom is 0.262 e. The van der Waals surface area contributed by atoms with Crippen molar-refractivity contribution in [1.29, 1.82) is 0 Å². The molecule has 1 N–H and O–H groups in total. The number of benzene rings is 2. The van der Waals surface area contributed by atoms with Gasteiger partial charge in [-0.2, -0.15) is 0 Å². The molecule has 0 spiro atoms. The number of anilines is 2. The van der Waals surface area contributed by atoms with Crippen LogP contribution < -0.4 is 15.0 Å². The Morgan fingerprint density at radius 3 is 2.47 bits per heavy atom. The molecule has 2 amide bonds. The van der Waals surface area contributed by atoms with Gasteiger partial charge < -0.3 is 19.9 Å². The molecule has 0 aliphatic carbocycles. The summed E-state index contributed by atoms with van der Waals surface area (Å²) in [4.78, 5) is 29.0. The van der Waals surface area contributed by atoms with E-state index in [9.17, 15) is 9.59 Å². The summed E-state index contributed by atoms with van der Waals surface area (Å²) < 4.78 is 6.60. The first-order chi connectivity index (χ1) is 15.2. The molecule has 0 bridgehead atoms. The van der Waals surface area contributed by atoms with E-state index in [2.05, 4.69) is 26.1 Å². The smallest absolute Gasteiger partial charge is 0.262 e. The Labute approximate surface area is 203 Å². The van der Waals surface area contributed by atoms with Gasteiger partial charge in [0.25, 0.3) is 5.91 Å². The third-order valence-electron chi connectivity index (χ3n) is 5.38. The molecule has 1 aliphatic rings. The van der Waals surface area contributed by atoms with E-state index in [0.717, 1.165) is 21.3 Å². The van der Waals surface area contributed by atoms with Crippen molar-refractivity contribution >= 4 is 50.7 Å². The number of para-hydroxylation sites is 1. The summed E-state index contributed by atoms with van der Waals surface area (Å²) in [6, 6.07) is 9.41. The van der Waals surface area contributed by atoms with Crippen LogP contribution in [0, 0.1) is 19.8 Å². The first-order valence-corrected chi connectivity index (χ1v) is 11.9. The van der Waals surface area contributed by atoms with Crippen molar-refractivity contribution in [3.8, 4) is 5.75 Å². The lowest BCUT2D eigenvalue weighted by Gasteiger charge is -2.38. The van der Waals surface area contributed by atoms with Crippen LogP contribution in [0.1, 0.15) is 25.0 Å². The van der Waals surface area contributed by atoms with E-state index in [0.29, 0.717) is 42.6 Å². The van der Waals surface area contributed by atoms with Crippen LogP contribution in [0.15, 0.2) is 34.8 Å². The van der Waals surface area contributed by atoms with Gasteiger partial charge in [-0.15, -0.1) is 0 Å². The van der Waals surface area contributed by atoms with Crippen molar-refractivity contribution in [2.75, 3.05) is 43.0 Å². The van der Waals surface area contributed by atoms with Crippen molar-refractivity contribution in [2.24, 2.45) is 5.92 Å². The predicted molar refractivity (Wildman–Crippen MR) is 133 cm³/mol. The Kier molecular flexibility index (Phi) is 8.06. The van der Waals surface area contributed by atoms with Crippen molar-refractivity contribution in [3.63, 3.8) is 0 Å². The first kappa shape index (κ1) is 24.4. The van der Waals surface area contributed by atoms with E-state index in [1.54, 1.807) is 0 Å². The molecule has 1 heterocycles. The zero-order valence-electron chi connectivity index (χ0n) is 18.9. The average Bonchev–Trinajstić information content (AvgIpc) is 2.72. The van der Waals surface area contributed by atoms with Gasteiger partial charge in [-0.1, -0.05) is 37.6 Å². The zero-order valence-corrected chi connectivity index (χ0v) is 21.2. The number of nitrogens with one attached hydrogen (secondary N) is 1. The number of aryl methyl sites for hydroxylation is 2. The van der Waals surface area contributed by atoms with Crippen molar-refractivity contribution in [3.05, 3.63) is 51.0 Å². The summed E-state index contributed by atoms with van der Waals surface area (Å²) >= 11 is 10.0. The minimum Gasteiger partial charge on any atom is -0.482 e. The van der Waals surface area contributed by atoms with Gasteiger partial charge in [-0.05, 0) is 59.1 Å². The fraction of sp³-hybridized carbons (Fsp3) is 0.417. The third-order valence-corrected chi connectivity index (χ3v) is 6.28. The molecule has 0 unspecified atom stereocenters. The summed E-state index contributed by atoms with van der Waals surface area (Å²) in [5.41, 5.74) is 3.48. The van der Waals surface area contributed by atoms with E-state index < -0.39 is 0 Å². The maximum atomic E-state index is 12.7. The third kappa shape index (κ3) is 5.75. The lowest BCUT2D eigenvalue weighted by Crippen LogP contribution is -2.50. The van der Waals surface area contributed by atoms with Crippen LogP contribution >= 0.6 is 27.5 Å². The molecule has 2 aromatic rings. The molecule has 0 radical (unpaired) electrons. The van der Waals surface area contributed by atoms with E-state index in [1.165, 1.54) is 0 Å². The maximum absolute atomic E-state index is 12.7. The molecule has 3 rings (SSSR count). The Balaban J connectivity index is 1.68. The molecule has 1 saturated heterocycles. The fourth-order valence-electron chi connectivity index (χ4n) is 3.86. The number of rotatable bonds is 6. The number of carbonyl (C=O) groups is 2. The number of piperazine rings is 1. The van der Waals surface area contributed by atoms with Crippen LogP contribution in [0.4, 0.5) is 11.4 Å². The highest BCUT2D eigenvalue weighted by Crippen LogP contribution is 2.35. The summed E-state index contributed by atoms with van der Waals surface area (Å²) in [6.45, 7) is 10.2. The molecule has 1 fully saturated rings. The molecular formula is C24H29BrClN3O3. The van der Waals surface area contributed by atoms with Gasteiger partial charge in [-0.25, -0.2) is 0 Å². The van der Waals surface area contributed by atoms with Crippen LogP contribution in [-0.4, -0.2) is 49.5 Å². The second kappa shape index (κ2) is 10.6. The van der Waals surface area contributed by atoms with Gasteiger partial charge >= 0.3 is 0 Å². The summed E-state index contributed by atoms with van der Waals surface area (Å²) in [7, 11) is 0. The number of halogens is 2. The zero-order chi connectivity index (χ0) is 23.4. The van der Waals surface area contributed by atoms with Crippen LogP contribution in [-0.2, 0) is 9.59 Å². The Hall–Kier alpha value is -2.25. The molecule has 0 atom stereocenters. The van der Waals surface area contributed by atoms with E-state index in [-0.39, 0.29) is 24.3 Å². The molecule has 6 nitrogen and oxygen atoms in total. The number of nitrogens with zero attached hydrogens (tertiary/aromatic N) is 2. The largest absolute Gasteiger partial charge is 0.482 e.